The molecule has 1 N–H and O–H groups in total. The van der Waals surface area contributed by atoms with Gasteiger partial charge in [0.15, 0.2) is 0 Å². The summed E-state index contributed by atoms with van der Waals surface area (Å²) in [5, 5.41) is 2.96. The Kier molecular flexibility index (Phi) is 4.32. The Balaban J connectivity index is 2.23. The maximum absolute atomic E-state index is 13.0. The second kappa shape index (κ2) is 5.75. The largest absolute Gasteiger partial charge is 0.351 e. The smallest absolute Gasteiger partial charge is 0.242 e. The van der Waals surface area contributed by atoms with Gasteiger partial charge in [0, 0.05) is 17.8 Å². The zero-order valence-corrected chi connectivity index (χ0v) is 14.2. The molecule has 0 unspecified atom stereocenters. The van der Waals surface area contributed by atoms with E-state index in [2.05, 4.69) is 5.32 Å². The van der Waals surface area contributed by atoms with Crippen LogP contribution in [0.25, 0.3) is 0 Å². The summed E-state index contributed by atoms with van der Waals surface area (Å²) in [5.74, 6) is -0.224. The average Bonchev–Trinajstić information content (AvgIpc) is 3.19. The van der Waals surface area contributed by atoms with Crippen LogP contribution in [0, 0.1) is 12.3 Å². The lowest BCUT2D eigenvalue weighted by Crippen LogP contribution is -2.50. The number of rotatable bonds is 4. The standard InChI is InChI=1S/C18H26N2O2/c1-6-20(14-9-7-8-13(2)12-14)16(22)18(10-11-18)15(21)19-17(3,4)5/h7-9,12H,6,10-11H2,1-5H3,(H,19,21). The quantitative estimate of drug-likeness (QED) is 0.869. The van der Waals surface area contributed by atoms with Crippen molar-refractivity contribution >= 4 is 17.5 Å². The van der Waals surface area contributed by atoms with Gasteiger partial charge in [-0.3, -0.25) is 9.59 Å². The number of hydrogen-bond acceptors (Lipinski definition) is 2. The van der Waals surface area contributed by atoms with E-state index < -0.39 is 5.41 Å². The van der Waals surface area contributed by atoms with E-state index in [1.54, 1.807) is 4.90 Å². The molecule has 1 aromatic carbocycles. The molecule has 22 heavy (non-hydrogen) atoms. The molecule has 2 rings (SSSR count). The first-order valence-corrected chi connectivity index (χ1v) is 7.91. The zero-order valence-electron chi connectivity index (χ0n) is 14.2. The molecule has 0 radical (unpaired) electrons. The van der Waals surface area contributed by atoms with Gasteiger partial charge in [-0.2, -0.15) is 0 Å². The van der Waals surface area contributed by atoms with Gasteiger partial charge in [0.2, 0.25) is 11.8 Å². The molecule has 120 valence electrons. The highest BCUT2D eigenvalue weighted by Gasteiger charge is 2.58. The predicted octanol–water partition coefficient (Wildman–Crippen LogP) is 3.04. The lowest BCUT2D eigenvalue weighted by Gasteiger charge is -2.29. The summed E-state index contributed by atoms with van der Waals surface area (Å²) in [6.45, 7) is 10.3. The molecule has 2 amide bonds. The van der Waals surface area contributed by atoms with Crippen molar-refractivity contribution in [1.29, 1.82) is 0 Å². The first-order chi connectivity index (χ1) is 10.2. The summed E-state index contributed by atoms with van der Waals surface area (Å²) in [6, 6.07) is 7.85. The summed E-state index contributed by atoms with van der Waals surface area (Å²) in [5.41, 5.74) is 0.774. The predicted molar refractivity (Wildman–Crippen MR) is 88.8 cm³/mol. The van der Waals surface area contributed by atoms with Crippen LogP contribution in [0.3, 0.4) is 0 Å². The Hall–Kier alpha value is -1.84. The van der Waals surface area contributed by atoms with Gasteiger partial charge < -0.3 is 10.2 Å². The number of benzene rings is 1. The number of anilines is 1. The summed E-state index contributed by atoms with van der Waals surface area (Å²) in [4.78, 5) is 27.2. The van der Waals surface area contributed by atoms with Crippen molar-refractivity contribution < 1.29 is 9.59 Å². The minimum atomic E-state index is -0.868. The van der Waals surface area contributed by atoms with Crippen LogP contribution in [-0.4, -0.2) is 23.9 Å². The number of nitrogens with zero attached hydrogens (tertiary/aromatic N) is 1. The molecular weight excluding hydrogens is 276 g/mol. The second-order valence-electron chi connectivity index (χ2n) is 7.17. The van der Waals surface area contributed by atoms with Gasteiger partial charge in [0.25, 0.3) is 0 Å². The van der Waals surface area contributed by atoms with Gasteiger partial charge in [-0.15, -0.1) is 0 Å². The van der Waals surface area contributed by atoms with E-state index in [0.717, 1.165) is 11.3 Å². The van der Waals surface area contributed by atoms with Gasteiger partial charge in [-0.05, 0) is 65.2 Å². The van der Waals surface area contributed by atoms with Crippen molar-refractivity contribution in [3.8, 4) is 0 Å². The van der Waals surface area contributed by atoms with Crippen molar-refractivity contribution in [2.45, 2.75) is 53.0 Å². The van der Waals surface area contributed by atoms with Crippen molar-refractivity contribution in [2.24, 2.45) is 5.41 Å². The van der Waals surface area contributed by atoms with Gasteiger partial charge >= 0.3 is 0 Å². The van der Waals surface area contributed by atoms with Gasteiger partial charge in [-0.25, -0.2) is 0 Å². The highest BCUT2D eigenvalue weighted by molar-refractivity contribution is 6.14. The molecule has 1 aliphatic carbocycles. The summed E-state index contributed by atoms with van der Waals surface area (Å²) in [6.07, 6.45) is 1.27. The molecule has 1 aromatic rings. The summed E-state index contributed by atoms with van der Waals surface area (Å²) >= 11 is 0. The molecule has 4 nitrogen and oxygen atoms in total. The van der Waals surface area contributed by atoms with Crippen LogP contribution in [0.4, 0.5) is 5.69 Å². The number of aryl methyl sites for hydroxylation is 1. The minimum Gasteiger partial charge on any atom is -0.351 e. The van der Waals surface area contributed by atoms with Crippen LogP contribution in [-0.2, 0) is 9.59 Å². The Labute approximate surface area is 132 Å². The average molecular weight is 302 g/mol. The van der Waals surface area contributed by atoms with Crippen molar-refractivity contribution in [3.63, 3.8) is 0 Å². The van der Waals surface area contributed by atoms with Crippen LogP contribution in [0.2, 0.25) is 0 Å². The summed E-state index contributed by atoms with van der Waals surface area (Å²) in [7, 11) is 0. The normalized spacial score (nSPS) is 16.0. The third kappa shape index (κ3) is 3.32. The van der Waals surface area contributed by atoms with Crippen LogP contribution < -0.4 is 10.2 Å². The molecule has 0 heterocycles. The van der Waals surface area contributed by atoms with E-state index in [-0.39, 0.29) is 17.4 Å². The number of nitrogens with one attached hydrogen (secondary N) is 1. The van der Waals surface area contributed by atoms with Gasteiger partial charge in [0.1, 0.15) is 5.41 Å². The molecule has 0 atom stereocenters. The first-order valence-electron chi connectivity index (χ1n) is 7.91. The lowest BCUT2D eigenvalue weighted by molar-refractivity contribution is -0.136. The Bertz CT molecular complexity index is 583. The van der Waals surface area contributed by atoms with Crippen molar-refractivity contribution in [1.82, 2.24) is 5.32 Å². The fourth-order valence-electron chi connectivity index (χ4n) is 2.62. The Morgan fingerprint density at radius 3 is 2.36 bits per heavy atom. The molecule has 4 heteroatoms. The first kappa shape index (κ1) is 16.5. The zero-order chi connectivity index (χ0) is 16.5. The minimum absolute atomic E-state index is 0.0812. The van der Waals surface area contributed by atoms with E-state index in [1.165, 1.54) is 0 Å². The fourth-order valence-corrected chi connectivity index (χ4v) is 2.62. The number of hydrogen-bond donors (Lipinski definition) is 1. The fraction of sp³-hybridized carbons (Fsp3) is 0.556. The highest BCUT2D eigenvalue weighted by Crippen LogP contribution is 2.48. The molecule has 0 aromatic heterocycles. The van der Waals surface area contributed by atoms with E-state index in [4.69, 9.17) is 0 Å². The molecule has 0 spiro atoms. The lowest BCUT2D eigenvalue weighted by atomic mass is 10.00. The number of carbonyl (C=O) groups is 2. The van der Waals surface area contributed by atoms with Gasteiger partial charge in [0.05, 0.1) is 0 Å². The van der Waals surface area contributed by atoms with Crippen LogP contribution in [0.5, 0.6) is 0 Å². The van der Waals surface area contributed by atoms with Crippen LogP contribution in [0.1, 0.15) is 46.1 Å². The maximum atomic E-state index is 13.0. The molecule has 1 saturated carbocycles. The van der Waals surface area contributed by atoms with Gasteiger partial charge in [-0.1, -0.05) is 12.1 Å². The Morgan fingerprint density at radius 1 is 1.27 bits per heavy atom. The highest BCUT2D eigenvalue weighted by atomic mass is 16.2. The Morgan fingerprint density at radius 2 is 1.91 bits per heavy atom. The van der Waals surface area contributed by atoms with E-state index in [0.29, 0.717) is 19.4 Å². The third-order valence-electron chi connectivity index (χ3n) is 3.96. The topological polar surface area (TPSA) is 49.4 Å². The number of carbonyl (C=O) groups excluding carboxylic acids is 2. The summed E-state index contributed by atoms with van der Waals surface area (Å²) < 4.78 is 0. The van der Waals surface area contributed by atoms with Crippen LogP contribution in [0.15, 0.2) is 24.3 Å². The SMILES string of the molecule is CCN(C(=O)C1(C(=O)NC(C)(C)C)CC1)c1cccc(C)c1. The maximum Gasteiger partial charge on any atom is 0.242 e. The molecule has 1 fully saturated rings. The van der Waals surface area contributed by atoms with Crippen LogP contribution >= 0.6 is 0 Å². The molecule has 1 aliphatic rings. The molecular formula is C18H26N2O2. The van der Waals surface area contributed by atoms with E-state index >= 15 is 0 Å². The van der Waals surface area contributed by atoms with Crippen molar-refractivity contribution in [2.75, 3.05) is 11.4 Å². The number of amides is 2. The monoisotopic (exact) mass is 302 g/mol. The molecule has 0 bridgehead atoms. The third-order valence-corrected chi connectivity index (χ3v) is 3.96. The second-order valence-corrected chi connectivity index (χ2v) is 7.17. The molecule has 0 saturated heterocycles. The van der Waals surface area contributed by atoms with E-state index in [1.807, 2.05) is 58.9 Å². The molecule has 0 aliphatic heterocycles. The van der Waals surface area contributed by atoms with E-state index in [9.17, 15) is 9.59 Å². The van der Waals surface area contributed by atoms with Crippen molar-refractivity contribution in [3.05, 3.63) is 29.8 Å².